The predicted molar refractivity (Wildman–Crippen MR) is 90.2 cm³/mol. The van der Waals surface area contributed by atoms with Gasteiger partial charge in [-0.05, 0) is 31.0 Å². The number of piperazine rings is 1. The van der Waals surface area contributed by atoms with Gasteiger partial charge in [0, 0.05) is 57.4 Å². The van der Waals surface area contributed by atoms with Crippen molar-refractivity contribution in [2.24, 2.45) is 13.0 Å². The summed E-state index contributed by atoms with van der Waals surface area (Å²) in [5.41, 5.74) is 1.19. The Bertz CT molecular complexity index is 728. The largest absolute Gasteiger partial charge is 0.339 e. The fourth-order valence-corrected chi connectivity index (χ4v) is 3.72. The number of aromatic nitrogens is 3. The standard InChI is InChI=1S/C18H23N5O/c1-21-8-9-23(12-16(21)17-20-6-7-22(17)2)18(24)15-10-14(15)13-4-3-5-19-11-13/h3-7,11,14-16H,8-10,12H2,1-2H3/t14-,15+,16+/m0/s1. The average Bonchev–Trinajstić information content (AvgIpc) is 3.30. The van der Waals surface area contributed by atoms with E-state index in [1.165, 1.54) is 5.56 Å². The van der Waals surface area contributed by atoms with E-state index in [1.54, 1.807) is 6.20 Å². The number of carbonyl (C=O) groups is 1. The van der Waals surface area contributed by atoms with Gasteiger partial charge in [0.15, 0.2) is 0 Å². The number of hydrogen-bond donors (Lipinski definition) is 0. The van der Waals surface area contributed by atoms with Crippen molar-refractivity contribution in [1.82, 2.24) is 24.3 Å². The summed E-state index contributed by atoms with van der Waals surface area (Å²) < 4.78 is 2.05. The van der Waals surface area contributed by atoms with Gasteiger partial charge in [-0.3, -0.25) is 14.7 Å². The van der Waals surface area contributed by atoms with Crippen LogP contribution >= 0.6 is 0 Å². The monoisotopic (exact) mass is 325 g/mol. The van der Waals surface area contributed by atoms with Gasteiger partial charge in [-0.1, -0.05) is 6.07 Å². The molecule has 2 fully saturated rings. The second kappa shape index (κ2) is 6.02. The predicted octanol–water partition coefficient (Wildman–Crippen LogP) is 1.43. The van der Waals surface area contributed by atoms with E-state index in [0.717, 1.165) is 31.9 Å². The number of carbonyl (C=O) groups excluding carboxylic acids is 1. The van der Waals surface area contributed by atoms with Crippen molar-refractivity contribution >= 4 is 5.91 Å². The lowest BCUT2D eigenvalue weighted by atomic mass is 10.1. The van der Waals surface area contributed by atoms with Crippen LogP contribution in [0.1, 0.15) is 29.8 Å². The second-order valence-electron chi connectivity index (χ2n) is 6.91. The molecule has 1 aliphatic carbocycles. The first-order chi connectivity index (χ1) is 11.6. The Hall–Kier alpha value is -2.21. The number of rotatable bonds is 3. The summed E-state index contributed by atoms with van der Waals surface area (Å²) in [5, 5.41) is 0. The van der Waals surface area contributed by atoms with E-state index in [-0.39, 0.29) is 17.9 Å². The number of aryl methyl sites for hydroxylation is 1. The highest BCUT2D eigenvalue weighted by atomic mass is 16.2. The molecule has 1 amide bonds. The van der Waals surface area contributed by atoms with E-state index in [4.69, 9.17) is 0 Å². The summed E-state index contributed by atoms with van der Waals surface area (Å²) in [4.78, 5) is 25.9. The fourth-order valence-electron chi connectivity index (χ4n) is 3.72. The summed E-state index contributed by atoms with van der Waals surface area (Å²) in [7, 11) is 4.12. The minimum Gasteiger partial charge on any atom is -0.339 e. The molecule has 3 heterocycles. The molecule has 126 valence electrons. The quantitative estimate of drug-likeness (QED) is 0.857. The Balaban J connectivity index is 1.45. The molecule has 4 rings (SSSR count). The van der Waals surface area contributed by atoms with E-state index >= 15 is 0 Å². The van der Waals surface area contributed by atoms with Crippen LogP contribution < -0.4 is 0 Å². The Morgan fingerprint density at radius 2 is 2.12 bits per heavy atom. The smallest absolute Gasteiger partial charge is 0.226 e. The third kappa shape index (κ3) is 2.71. The highest BCUT2D eigenvalue weighted by Gasteiger charge is 2.47. The van der Waals surface area contributed by atoms with Crippen molar-refractivity contribution < 1.29 is 4.79 Å². The summed E-state index contributed by atoms with van der Waals surface area (Å²) >= 11 is 0. The maximum absolute atomic E-state index is 12.9. The van der Waals surface area contributed by atoms with Crippen LogP contribution in [0.5, 0.6) is 0 Å². The molecule has 2 aromatic heterocycles. The van der Waals surface area contributed by atoms with Gasteiger partial charge in [-0.2, -0.15) is 0 Å². The van der Waals surface area contributed by atoms with E-state index in [0.29, 0.717) is 5.92 Å². The van der Waals surface area contributed by atoms with Crippen LogP contribution in [-0.2, 0) is 11.8 Å². The summed E-state index contributed by atoms with van der Waals surface area (Å²) in [6.07, 6.45) is 8.40. The molecule has 0 N–H and O–H groups in total. The van der Waals surface area contributed by atoms with Crippen molar-refractivity contribution in [2.75, 3.05) is 26.7 Å². The Morgan fingerprint density at radius 3 is 2.83 bits per heavy atom. The molecule has 0 bridgehead atoms. The van der Waals surface area contributed by atoms with Gasteiger partial charge in [-0.15, -0.1) is 0 Å². The lowest BCUT2D eigenvalue weighted by molar-refractivity contribution is -0.135. The van der Waals surface area contributed by atoms with Crippen molar-refractivity contribution in [3.8, 4) is 0 Å². The molecule has 6 heteroatoms. The third-order valence-corrected chi connectivity index (χ3v) is 5.34. The molecule has 2 aromatic rings. The number of amides is 1. The van der Waals surface area contributed by atoms with Gasteiger partial charge >= 0.3 is 0 Å². The molecule has 1 saturated carbocycles. The maximum Gasteiger partial charge on any atom is 0.226 e. The van der Waals surface area contributed by atoms with E-state index < -0.39 is 0 Å². The lowest BCUT2D eigenvalue weighted by Gasteiger charge is -2.39. The fraction of sp³-hybridized carbons (Fsp3) is 0.500. The molecule has 0 unspecified atom stereocenters. The number of hydrogen-bond acceptors (Lipinski definition) is 4. The van der Waals surface area contributed by atoms with Crippen LogP contribution in [0, 0.1) is 5.92 Å². The van der Waals surface area contributed by atoms with Gasteiger partial charge in [0.2, 0.25) is 5.91 Å². The highest BCUT2D eigenvalue weighted by Crippen LogP contribution is 2.48. The van der Waals surface area contributed by atoms with Crippen molar-refractivity contribution in [3.63, 3.8) is 0 Å². The van der Waals surface area contributed by atoms with Gasteiger partial charge in [0.1, 0.15) is 5.82 Å². The molecule has 0 aromatic carbocycles. The molecule has 6 nitrogen and oxygen atoms in total. The molecular formula is C18H23N5O. The lowest BCUT2D eigenvalue weighted by Crippen LogP contribution is -2.50. The highest BCUT2D eigenvalue weighted by molar-refractivity contribution is 5.83. The SMILES string of the molecule is CN1CCN(C(=O)[C@@H]2C[C@H]2c2cccnc2)C[C@@H]1c1nccn1C. The molecule has 1 saturated heterocycles. The second-order valence-corrected chi connectivity index (χ2v) is 6.91. The van der Waals surface area contributed by atoms with Crippen molar-refractivity contribution in [2.45, 2.75) is 18.4 Å². The molecule has 3 atom stereocenters. The molecular weight excluding hydrogens is 302 g/mol. The molecule has 1 aliphatic heterocycles. The van der Waals surface area contributed by atoms with Crippen LogP contribution in [0.25, 0.3) is 0 Å². The first-order valence-corrected chi connectivity index (χ1v) is 8.51. The zero-order valence-corrected chi connectivity index (χ0v) is 14.2. The van der Waals surface area contributed by atoms with Gasteiger partial charge in [0.25, 0.3) is 0 Å². The van der Waals surface area contributed by atoms with Crippen molar-refractivity contribution in [1.29, 1.82) is 0 Å². The zero-order valence-electron chi connectivity index (χ0n) is 14.2. The van der Waals surface area contributed by atoms with E-state index in [1.807, 2.05) is 41.2 Å². The number of imidazole rings is 1. The zero-order chi connectivity index (χ0) is 16.7. The summed E-state index contributed by atoms with van der Waals surface area (Å²) in [6, 6.07) is 4.19. The molecule has 0 spiro atoms. The number of likely N-dealkylation sites (N-methyl/N-ethyl adjacent to an activating group) is 1. The van der Waals surface area contributed by atoms with Crippen molar-refractivity contribution in [3.05, 3.63) is 48.3 Å². The Kier molecular flexibility index (Phi) is 3.84. The first kappa shape index (κ1) is 15.3. The van der Waals surface area contributed by atoms with Gasteiger partial charge < -0.3 is 9.47 Å². The van der Waals surface area contributed by atoms with Gasteiger partial charge in [0.05, 0.1) is 6.04 Å². The Morgan fingerprint density at radius 1 is 1.25 bits per heavy atom. The first-order valence-electron chi connectivity index (χ1n) is 8.51. The topological polar surface area (TPSA) is 54.3 Å². The molecule has 24 heavy (non-hydrogen) atoms. The summed E-state index contributed by atoms with van der Waals surface area (Å²) in [5.74, 6) is 1.78. The van der Waals surface area contributed by atoms with Crippen LogP contribution in [0.4, 0.5) is 0 Å². The number of pyridine rings is 1. The normalized spacial score (nSPS) is 27.2. The summed E-state index contributed by atoms with van der Waals surface area (Å²) in [6.45, 7) is 2.40. The minimum absolute atomic E-state index is 0.125. The van der Waals surface area contributed by atoms with E-state index in [9.17, 15) is 4.79 Å². The van der Waals surface area contributed by atoms with Crippen LogP contribution in [0.15, 0.2) is 36.9 Å². The van der Waals surface area contributed by atoms with Crippen LogP contribution in [-0.4, -0.2) is 56.9 Å². The Labute approximate surface area is 142 Å². The van der Waals surface area contributed by atoms with Gasteiger partial charge in [-0.25, -0.2) is 4.98 Å². The molecule has 0 radical (unpaired) electrons. The third-order valence-electron chi connectivity index (χ3n) is 5.34. The van der Waals surface area contributed by atoms with E-state index in [2.05, 4.69) is 28.0 Å². The molecule has 2 aliphatic rings. The number of nitrogens with zero attached hydrogens (tertiary/aromatic N) is 5. The van der Waals surface area contributed by atoms with Crippen LogP contribution in [0.2, 0.25) is 0 Å². The average molecular weight is 325 g/mol. The van der Waals surface area contributed by atoms with Crippen LogP contribution in [0.3, 0.4) is 0 Å². The maximum atomic E-state index is 12.9. The minimum atomic E-state index is 0.125.